The Morgan fingerprint density at radius 2 is 1.43 bits per heavy atom. The first-order valence-corrected chi connectivity index (χ1v) is 20.1. The molecule has 0 radical (unpaired) electrons. The van der Waals surface area contributed by atoms with E-state index in [-0.39, 0.29) is 29.1 Å². The largest absolute Gasteiger partial charge is 0.445 e. The number of aromatic nitrogens is 2. The van der Waals surface area contributed by atoms with E-state index >= 15 is 0 Å². The van der Waals surface area contributed by atoms with Gasteiger partial charge in [0.2, 0.25) is 17.5 Å². The number of thiazole rings is 2. The molecule has 0 aliphatic carbocycles. The normalized spacial score (nSPS) is 16.9. The third-order valence-corrected chi connectivity index (χ3v) is 11.6. The molecule has 5 aromatic rings. The van der Waals surface area contributed by atoms with Gasteiger partial charge in [-0.25, -0.2) is 14.8 Å². The van der Waals surface area contributed by atoms with Crippen LogP contribution in [0.3, 0.4) is 0 Å². The van der Waals surface area contributed by atoms with Crippen LogP contribution >= 0.6 is 22.7 Å². The molecule has 4 atom stereocenters. The van der Waals surface area contributed by atoms with Crippen molar-refractivity contribution in [1.82, 2.24) is 20.6 Å². The van der Waals surface area contributed by atoms with Gasteiger partial charge in [-0.15, -0.1) is 22.7 Å². The van der Waals surface area contributed by atoms with Gasteiger partial charge in [0.15, 0.2) is 10.0 Å². The van der Waals surface area contributed by atoms with Gasteiger partial charge in [-0.3, -0.25) is 14.4 Å². The molecule has 2 amide bonds. The number of amides is 2. The molecule has 6 N–H and O–H groups in total. The van der Waals surface area contributed by atoms with E-state index in [0.29, 0.717) is 75.2 Å². The number of rotatable bonds is 18. The summed E-state index contributed by atoms with van der Waals surface area (Å²) in [7, 11) is 0. The summed E-state index contributed by atoms with van der Waals surface area (Å²) in [5, 5.41) is 6.45. The summed E-state index contributed by atoms with van der Waals surface area (Å²) >= 11 is 2.58. The summed E-state index contributed by atoms with van der Waals surface area (Å²) in [6.45, 7) is 1.39. The van der Waals surface area contributed by atoms with Gasteiger partial charge < -0.3 is 31.6 Å². The van der Waals surface area contributed by atoms with Crippen LogP contribution in [0.15, 0.2) is 72.8 Å². The van der Waals surface area contributed by atoms with Crippen LogP contribution in [0.25, 0.3) is 20.4 Å². The molecule has 1 aliphatic rings. The Bertz CT molecular complexity index is 2020. The first kappa shape index (κ1) is 39.1. The Morgan fingerprint density at radius 1 is 0.778 bits per heavy atom. The molecule has 2 aromatic heterocycles. The molecular formula is C40H46N6O6S2. The standard InChI is InChI=1S/C40H46N6O6S2/c41-20-8-6-15-29(35(47)38-44-28-14-4-5-17-32(28)53-38)43-37(49)26-19-22-51-31(23-26)27-13-10-18-33-34(27)46-39(54-33)36(48)30(16-7-9-21-42)45-40(50)52-24-25-11-2-1-3-12-25/h1-5,10-14,17-18,26,29-31H,6-9,15-16,19-24,41-42H2,(H,43,49)(H,45,50)/t26?,29-,30-,31?/m0/s1. The number of nitrogens with two attached hydrogens (primary N) is 2. The average molecular weight is 771 g/mol. The van der Waals surface area contributed by atoms with Crippen LogP contribution in [0.2, 0.25) is 0 Å². The number of ketones is 2. The highest BCUT2D eigenvalue weighted by atomic mass is 32.1. The number of nitrogens with one attached hydrogen (secondary N) is 2. The zero-order valence-corrected chi connectivity index (χ0v) is 31.7. The van der Waals surface area contributed by atoms with E-state index < -0.39 is 30.2 Å². The van der Waals surface area contributed by atoms with Crippen molar-refractivity contribution in [3.05, 3.63) is 93.9 Å². The van der Waals surface area contributed by atoms with Crippen LogP contribution in [0.1, 0.15) is 88.2 Å². The lowest BCUT2D eigenvalue weighted by Crippen LogP contribution is -2.45. The first-order valence-electron chi connectivity index (χ1n) is 18.5. The number of fused-ring (bicyclic) bond motifs is 2. The van der Waals surface area contributed by atoms with Crippen molar-refractivity contribution in [3.63, 3.8) is 0 Å². The van der Waals surface area contributed by atoms with E-state index in [1.165, 1.54) is 22.7 Å². The number of para-hydroxylation sites is 2. The van der Waals surface area contributed by atoms with Gasteiger partial charge in [0, 0.05) is 18.1 Å². The minimum Gasteiger partial charge on any atom is -0.445 e. The number of alkyl carbamates (subject to hydrolysis) is 1. The molecule has 12 nitrogen and oxygen atoms in total. The number of unbranched alkanes of at least 4 members (excludes halogenated alkanes) is 2. The molecule has 0 spiro atoms. The third-order valence-electron chi connectivity index (χ3n) is 9.52. The molecule has 1 fully saturated rings. The van der Waals surface area contributed by atoms with Crippen molar-refractivity contribution < 1.29 is 28.7 Å². The fourth-order valence-corrected chi connectivity index (χ4v) is 8.54. The Morgan fingerprint density at radius 3 is 2.15 bits per heavy atom. The maximum atomic E-state index is 13.9. The van der Waals surface area contributed by atoms with Gasteiger partial charge in [-0.05, 0) is 88.2 Å². The number of hydrogen-bond donors (Lipinski definition) is 4. The monoisotopic (exact) mass is 770 g/mol. The summed E-state index contributed by atoms with van der Waals surface area (Å²) in [4.78, 5) is 63.5. The Kier molecular flexibility index (Phi) is 13.9. The number of carbonyl (C=O) groups excluding carboxylic acids is 4. The zero-order chi connectivity index (χ0) is 37.9. The average Bonchev–Trinajstić information content (AvgIpc) is 3.84. The van der Waals surface area contributed by atoms with Crippen LogP contribution in [0.4, 0.5) is 4.79 Å². The van der Waals surface area contributed by atoms with Crippen LogP contribution in [0, 0.1) is 5.92 Å². The molecule has 1 aliphatic heterocycles. The first-order chi connectivity index (χ1) is 26.3. The van der Waals surface area contributed by atoms with E-state index in [1.807, 2.05) is 72.8 Å². The van der Waals surface area contributed by atoms with Gasteiger partial charge in [-0.2, -0.15) is 0 Å². The van der Waals surface area contributed by atoms with Gasteiger partial charge in [0.1, 0.15) is 6.61 Å². The van der Waals surface area contributed by atoms with E-state index in [0.717, 1.165) is 32.5 Å². The predicted octanol–water partition coefficient (Wildman–Crippen LogP) is 6.48. The van der Waals surface area contributed by atoms with Gasteiger partial charge in [0.05, 0.1) is 38.6 Å². The van der Waals surface area contributed by atoms with E-state index in [4.69, 9.17) is 25.9 Å². The maximum absolute atomic E-state index is 13.9. The van der Waals surface area contributed by atoms with Gasteiger partial charge in [0.25, 0.3) is 0 Å². The molecular weight excluding hydrogens is 725 g/mol. The molecule has 54 heavy (non-hydrogen) atoms. The SMILES string of the molecule is NCCCC[C@H](NC(=O)C1CCOC(c2cccc3sc(C(=O)[C@H](CCCCN)NC(=O)OCc4ccccc4)nc23)C1)C(=O)c1nc2ccccc2s1. The predicted molar refractivity (Wildman–Crippen MR) is 211 cm³/mol. The highest BCUT2D eigenvalue weighted by molar-refractivity contribution is 7.20. The minimum absolute atomic E-state index is 0.0791. The van der Waals surface area contributed by atoms with Crippen molar-refractivity contribution in [2.24, 2.45) is 17.4 Å². The lowest BCUT2D eigenvalue weighted by atomic mass is 9.90. The second-order valence-corrected chi connectivity index (χ2v) is 15.5. The second-order valence-electron chi connectivity index (χ2n) is 13.4. The van der Waals surface area contributed by atoms with E-state index in [1.54, 1.807) is 0 Å². The van der Waals surface area contributed by atoms with E-state index in [9.17, 15) is 19.2 Å². The van der Waals surface area contributed by atoms with Crippen molar-refractivity contribution in [1.29, 1.82) is 0 Å². The lowest BCUT2D eigenvalue weighted by molar-refractivity contribution is -0.130. The summed E-state index contributed by atoms with van der Waals surface area (Å²) in [5.74, 6) is -1.12. The van der Waals surface area contributed by atoms with Crippen molar-refractivity contribution in [2.45, 2.75) is 76.2 Å². The zero-order valence-electron chi connectivity index (χ0n) is 30.0. The number of benzene rings is 3. The fourth-order valence-electron chi connectivity index (χ4n) is 6.58. The molecule has 1 saturated heterocycles. The third kappa shape index (κ3) is 9.93. The van der Waals surface area contributed by atoms with Crippen LogP contribution < -0.4 is 22.1 Å². The molecule has 3 aromatic carbocycles. The van der Waals surface area contributed by atoms with E-state index in [2.05, 4.69) is 15.6 Å². The molecule has 0 saturated carbocycles. The molecule has 6 rings (SSSR count). The van der Waals surface area contributed by atoms with Gasteiger partial charge in [-0.1, -0.05) is 54.6 Å². The second kappa shape index (κ2) is 19.1. The van der Waals surface area contributed by atoms with Crippen LogP contribution in [-0.2, 0) is 20.9 Å². The number of nitrogens with zero attached hydrogens (tertiary/aromatic N) is 2. The van der Waals surface area contributed by atoms with Crippen LogP contribution in [0.5, 0.6) is 0 Å². The van der Waals surface area contributed by atoms with Crippen LogP contribution in [-0.4, -0.2) is 65.3 Å². The molecule has 2 unspecified atom stereocenters. The van der Waals surface area contributed by atoms with Crippen molar-refractivity contribution >= 4 is 66.7 Å². The summed E-state index contributed by atoms with van der Waals surface area (Å²) in [6, 6.07) is 21.0. The smallest absolute Gasteiger partial charge is 0.408 e. The number of Topliss-reactive ketones (excluding diaryl/α,β-unsaturated/α-hetero) is 2. The van der Waals surface area contributed by atoms with Crippen molar-refractivity contribution in [2.75, 3.05) is 19.7 Å². The topological polar surface area (TPSA) is 189 Å². The fraction of sp³-hybridized carbons (Fsp3) is 0.400. The Labute approximate surface area is 322 Å². The summed E-state index contributed by atoms with van der Waals surface area (Å²) in [5.41, 5.74) is 14.4. The lowest BCUT2D eigenvalue weighted by Gasteiger charge is -2.30. The highest BCUT2D eigenvalue weighted by Gasteiger charge is 2.34. The number of hydrogen-bond acceptors (Lipinski definition) is 12. The van der Waals surface area contributed by atoms with Crippen molar-refractivity contribution in [3.8, 4) is 0 Å². The molecule has 284 valence electrons. The Balaban J connectivity index is 1.15. The molecule has 3 heterocycles. The number of carbonyl (C=O) groups is 4. The molecule has 14 heteroatoms. The summed E-state index contributed by atoms with van der Waals surface area (Å²) in [6.07, 6.45) is 3.37. The minimum atomic E-state index is -0.842. The number of ether oxygens (including phenoxy) is 2. The molecule has 0 bridgehead atoms. The maximum Gasteiger partial charge on any atom is 0.408 e. The Hall–Kier alpha value is -4.60. The highest BCUT2D eigenvalue weighted by Crippen LogP contribution is 2.37. The summed E-state index contributed by atoms with van der Waals surface area (Å²) < 4.78 is 13.3. The quantitative estimate of drug-likeness (QED) is 0.0567. The van der Waals surface area contributed by atoms with Gasteiger partial charge >= 0.3 is 6.09 Å².